The van der Waals surface area contributed by atoms with E-state index in [1.807, 2.05) is 54.4 Å². The fraction of sp³-hybridized carbons (Fsp3) is 0.269. The number of aromatic amines is 1. The van der Waals surface area contributed by atoms with Crippen LogP contribution in [-0.4, -0.2) is 51.9 Å². The first-order valence-electron chi connectivity index (χ1n) is 11.3. The second-order valence-corrected chi connectivity index (χ2v) is 8.59. The maximum absolute atomic E-state index is 12.9. The number of fused-ring (bicyclic) bond motifs is 1. The zero-order valence-corrected chi connectivity index (χ0v) is 19.0. The second-order valence-electron chi connectivity index (χ2n) is 8.59. The van der Waals surface area contributed by atoms with E-state index >= 15 is 0 Å². The maximum Gasteiger partial charge on any atom is 0.227 e. The average Bonchev–Trinajstić information content (AvgIpc) is 3.23. The van der Waals surface area contributed by atoms with E-state index in [0.29, 0.717) is 38.5 Å². The predicted molar refractivity (Wildman–Crippen MR) is 132 cm³/mol. The zero-order valence-electron chi connectivity index (χ0n) is 19.0. The average molecular weight is 441 g/mol. The molecular weight excluding hydrogens is 412 g/mol. The van der Waals surface area contributed by atoms with Crippen molar-refractivity contribution in [3.63, 3.8) is 0 Å². The molecule has 1 fully saturated rings. The van der Waals surface area contributed by atoms with Gasteiger partial charge in [0.15, 0.2) is 0 Å². The van der Waals surface area contributed by atoms with Crippen LogP contribution in [0.4, 0.5) is 17.5 Å². The molecule has 7 nitrogen and oxygen atoms in total. The van der Waals surface area contributed by atoms with Gasteiger partial charge in [-0.3, -0.25) is 4.79 Å². The molecule has 7 heteroatoms. The molecule has 0 spiro atoms. The number of nitrogens with one attached hydrogen (secondary N) is 2. The summed E-state index contributed by atoms with van der Waals surface area (Å²) in [6, 6.07) is 18.3. The molecular formula is C26H28N6O. The number of amides is 1. The van der Waals surface area contributed by atoms with E-state index in [1.54, 1.807) is 0 Å². The van der Waals surface area contributed by atoms with Gasteiger partial charge in [0.25, 0.3) is 0 Å². The molecule has 0 radical (unpaired) electrons. The van der Waals surface area contributed by atoms with E-state index < -0.39 is 0 Å². The van der Waals surface area contributed by atoms with Crippen LogP contribution in [0, 0.1) is 13.8 Å². The lowest BCUT2D eigenvalue weighted by Gasteiger charge is -2.35. The van der Waals surface area contributed by atoms with E-state index in [9.17, 15) is 4.79 Å². The second kappa shape index (κ2) is 8.94. The molecule has 1 aliphatic heterocycles. The normalized spacial score (nSPS) is 14.0. The molecule has 1 amide bonds. The Kier molecular flexibility index (Phi) is 5.69. The third kappa shape index (κ3) is 4.67. The van der Waals surface area contributed by atoms with Crippen LogP contribution < -0.4 is 10.2 Å². The molecule has 3 heterocycles. The van der Waals surface area contributed by atoms with Crippen molar-refractivity contribution in [1.82, 2.24) is 19.9 Å². The van der Waals surface area contributed by atoms with Crippen LogP contribution in [0.2, 0.25) is 0 Å². The summed E-state index contributed by atoms with van der Waals surface area (Å²) in [5.74, 6) is 1.64. The first kappa shape index (κ1) is 21.0. The van der Waals surface area contributed by atoms with Gasteiger partial charge in [0.1, 0.15) is 5.82 Å². The van der Waals surface area contributed by atoms with Gasteiger partial charge in [-0.25, -0.2) is 4.98 Å². The van der Waals surface area contributed by atoms with Crippen LogP contribution in [-0.2, 0) is 11.2 Å². The summed E-state index contributed by atoms with van der Waals surface area (Å²) in [5.41, 5.74) is 5.24. The number of hydrogen-bond donors (Lipinski definition) is 2. The number of rotatable bonds is 5. The SMILES string of the molecule is Cc1ccc(Nc2cc(C)nc(N3CCN(C(=O)Cc4c[nH]c5ccccc45)CC3)n2)cc1. The minimum Gasteiger partial charge on any atom is -0.361 e. The van der Waals surface area contributed by atoms with Gasteiger partial charge in [0.2, 0.25) is 11.9 Å². The van der Waals surface area contributed by atoms with Gasteiger partial charge in [-0.05, 0) is 37.6 Å². The van der Waals surface area contributed by atoms with Crippen LogP contribution in [0.25, 0.3) is 10.9 Å². The Morgan fingerprint density at radius 2 is 1.76 bits per heavy atom. The lowest BCUT2D eigenvalue weighted by atomic mass is 10.1. The predicted octanol–water partition coefficient (Wildman–Crippen LogP) is 4.21. The Morgan fingerprint density at radius 3 is 2.55 bits per heavy atom. The van der Waals surface area contributed by atoms with Crippen LogP contribution in [0.15, 0.2) is 60.8 Å². The highest BCUT2D eigenvalue weighted by molar-refractivity contribution is 5.89. The molecule has 5 rings (SSSR count). The van der Waals surface area contributed by atoms with E-state index in [4.69, 9.17) is 4.98 Å². The highest BCUT2D eigenvalue weighted by Gasteiger charge is 2.23. The fourth-order valence-electron chi connectivity index (χ4n) is 4.25. The number of piperazine rings is 1. The summed E-state index contributed by atoms with van der Waals surface area (Å²) in [7, 11) is 0. The number of hydrogen-bond acceptors (Lipinski definition) is 5. The smallest absolute Gasteiger partial charge is 0.227 e. The number of para-hydroxylation sites is 1. The van der Waals surface area contributed by atoms with E-state index in [-0.39, 0.29) is 5.91 Å². The summed E-state index contributed by atoms with van der Waals surface area (Å²) < 4.78 is 0. The number of nitrogens with zero attached hydrogens (tertiary/aromatic N) is 4. The molecule has 1 aliphatic rings. The molecule has 2 aromatic heterocycles. The molecule has 2 N–H and O–H groups in total. The van der Waals surface area contributed by atoms with Crippen LogP contribution in [0.1, 0.15) is 16.8 Å². The summed E-state index contributed by atoms with van der Waals surface area (Å²) in [6.07, 6.45) is 2.36. The van der Waals surface area contributed by atoms with Gasteiger partial charge in [-0.15, -0.1) is 0 Å². The van der Waals surface area contributed by atoms with Crippen molar-refractivity contribution in [1.29, 1.82) is 0 Å². The lowest BCUT2D eigenvalue weighted by Crippen LogP contribution is -2.49. The molecule has 168 valence electrons. The molecule has 0 unspecified atom stereocenters. The minimum absolute atomic E-state index is 0.159. The van der Waals surface area contributed by atoms with Crippen molar-refractivity contribution in [2.24, 2.45) is 0 Å². The zero-order chi connectivity index (χ0) is 22.8. The number of H-pyrrole nitrogens is 1. The van der Waals surface area contributed by atoms with Crippen LogP contribution in [0.5, 0.6) is 0 Å². The van der Waals surface area contributed by atoms with Crippen molar-refractivity contribution in [2.45, 2.75) is 20.3 Å². The van der Waals surface area contributed by atoms with Crippen molar-refractivity contribution >= 4 is 34.3 Å². The van der Waals surface area contributed by atoms with Gasteiger partial charge in [-0.1, -0.05) is 35.9 Å². The Labute approximate surface area is 193 Å². The molecule has 1 saturated heterocycles. The first-order chi connectivity index (χ1) is 16.0. The van der Waals surface area contributed by atoms with Crippen molar-refractivity contribution in [3.8, 4) is 0 Å². The van der Waals surface area contributed by atoms with Gasteiger partial charge >= 0.3 is 0 Å². The fourth-order valence-corrected chi connectivity index (χ4v) is 4.25. The monoisotopic (exact) mass is 440 g/mol. The number of aromatic nitrogens is 3. The molecule has 2 aromatic carbocycles. The number of carbonyl (C=O) groups is 1. The Bertz CT molecular complexity index is 1270. The van der Waals surface area contributed by atoms with E-state index in [1.165, 1.54) is 5.56 Å². The van der Waals surface area contributed by atoms with Crippen LogP contribution in [0.3, 0.4) is 0 Å². The molecule has 33 heavy (non-hydrogen) atoms. The van der Waals surface area contributed by atoms with Gasteiger partial charge in [0, 0.05) is 60.7 Å². The molecule has 0 bridgehead atoms. The van der Waals surface area contributed by atoms with E-state index in [2.05, 4.69) is 45.3 Å². The topological polar surface area (TPSA) is 77.2 Å². The highest BCUT2D eigenvalue weighted by Crippen LogP contribution is 2.21. The summed E-state index contributed by atoms with van der Waals surface area (Å²) >= 11 is 0. The number of benzene rings is 2. The van der Waals surface area contributed by atoms with Crippen molar-refractivity contribution in [3.05, 3.63) is 77.6 Å². The number of anilines is 3. The minimum atomic E-state index is 0.159. The van der Waals surface area contributed by atoms with Crippen molar-refractivity contribution < 1.29 is 4.79 Å². The summed E-state index contributed by atoms with van der Waals surface area (Å²) in [4.78, 5) is 29.7. The van der Waals surface area contributed by atoms with Crippen LogP contribution >= 0.6 is 0 Å². The molecule has 0 aliphatic carbocycles. The maximum atomic E-state index is 12.9. The largest absolute Gasteiger partial charge is 0.361 e. The van der Waals surface area contributed by atoms with Gasteiger partial charge in [0.05, 0.1) is 6.42 Å². The van der Waals surface area contributed by atoms with E-state index in [0.717, 1.165) is 33.7 Å². The van der Waals surface area contributed by atoms with Gasteiger partial charge < -0.3 is 20.1 Å². The summed E-state index contributed by atoms with van der Waals surface area (Å²) in [6.45, 7) is 6.81. The quantitative estimate of drug-likeness (QED) is 0.486. The summed E-state index contributed by atoms with van der Waals surface area (Å²) in [5, 5.41) is 4.49. The number of aryl methyl sites for hydroxylation is 2. The Morgan fingerprint density at radius 1 is 1.00 bits per heavy atom. The highest BCUT2D eigenvalue weighted by atomic mass is 16.2. The van der Waals surface area contributed by atoms with Gasteiger partial charge in [-0.2, -0.15) is 4.98 Å². The number of carbonyl (C=O) groups excluding carboxylic acids is 1. The lowest BCUT2D eigenvalue weighted by molar-refractivity contribution is -0.130. The Balaban J connectivity index is 1.23. The molecule has 4 aromatic rings. The first-order valence-corrected chi connectivity index (χ1v) is 11.3. The Hall–Kier alpha value is -3.87. The molecule has 0 saturated carbocycles. The standard InChI is InChI=1S/C26H28N6O/c1-18-7-9-21(10-8-18)29-24-15-19(2)28-26(30-24)32-13-11-31(12-14-32)25(33)16-20-17-27-23-6-4-3-5-22(20)23/h3-10,15,17,27H,11-14,16H2,1-2H3,(H,28,29,30). The molecule has 0 atom stereocenters. The third-order valence-corrected chi connectivity index (χ3v) is 6.10. The third-order valence-electron chi connectivity index (χ3n) is 6.10. The van der Waals surface area contributed by atoms with Crippen molar-refractivity contribution in [2.75, 3.05) is 36.4 Å².